The first-order chi connectivity index (χ1) is 9.06. The predicted molar refractivity (Wildman–Crippen MR) is 75.1 cm³/mol. The molecule has 102 valence electrons. The Bertz CT molecular complexity index is 557. The largest absolute Gasteiger partial charge is 0.399 e. The highest BCUT2D eigenvalue weighted by Crippen LogP contribution is 2.23. The Balaban J connectivity index is 2.08. The summed E-state index contributed by atoms with van der Waals surface area (Å²) in [5.41, 5.74) is 6.14. The number of nitrogen functional groups attached to an aromatic ring is 1. The number of anilines is 1. The van der Waals surface area contributed by atoms with E-state index in [1.54, 1.807) is 23.9 Å². The van der Waals surface area contributed by atoms with Gasteiger partial charge in [-0.25, -0.2) is 4.39 Å². The van der Waals surface area contributed by atoms with Crippen LogP contribution >= 0.6 is 11.8 Å². The second-order valence-corrected chi connectivity index (χ2v) is 5.69. The number of benzene rings is 1. The molecule has 0 atom stereocenters. The topological polar surface area (TPSA) is 64.9 Å². The van der Waals surface area contributed by atoms with Crippen molar-refractivity contribution in [1.82, 2.24) is 10.1 Å². The van der Waals surface area contributed by atoms with Gasteiger partial charge in [0.25, 0.3) is 5.89 Å². The lowest BCUT2D eigenvalue weighted by molar-refractivity contribution is 0.423. The van der Waals surface area contributed by atoms with Crippen LogP contribution in [0.5, 0.6) is 0 Å². The fourth-order valence-electron chi connectivity index (χ4n) is 1.51. The highest BCUT2D eigenvalue weighted by atomic mass is 32.2. The maximum absolute atomic E-state index is 13.7. The molecular weight excluding hydrogens is 265 g/mol. The van der Waals surface area contributed by atoms with E-state index in [0.717, 1.165) is 5.75 Å². The van der Waals surface area contributed by atoms with E-state index in [4.69, 9.17) is 10.3 Å². The minimum Gasteiger partial charge on any atom is -0.399 e. The van der Waals surface area contributed by atoms with Gasteiger partial charge in [0.2, 0.25) is 0 Å². The highest BCUT2D eigenvalue weighted by molar-refractivity contribution is 7.98. The maximum Gasteiger partial charge on any atom is 0.260 e. The van der Waals surface area contributed by atoms with Crippen LogP contribution < -0.4 is 5.73 Å². The molecule has 2 aromatic rings. The SMILES string of the molecule is CC(C)CSCc1noc(-c2ccc(N)cc2F)n1. The van der Waals surface area contributed by atoms with E-state index in [-0.39, 0.29) is 11.5 Å². The molecule has 19 heavy (non-hydrogen) atoms. The van der Waals surface area contributed by atoms with Crippen LogP contribution in [-0.2, 0) is 5.75 Å². The molecule has 2 rings (SSSR count). The van der Waals surface area contributed by atoms with E-state index in [9.17, 15) is 4.39 Å². The Kier molecular flexibility index (Phi) is 4.42. The van der Waals surface area contributed by atoms with Gasteiger partial charge in [-0.1, -0.05) is 19.0 Å². The van der Waals surface area contributed by atoms with E-state index in [1.807, 2.05) is 0 Å². The fraction of sp³-hybridized carbons (Fsp3) is 0.385. The number of thioether (sulfide) groups is 1. The van der Waals surface area contributed by atoms with Crippen molar-refractivity contribution in [3.63, 3.8) is 0 Å². The Morgan fingerprint density at radius 2 is 2.21 bits per heavy atom. The first kappa shape index (κ1) is 13.9. The zero-order valence-electron chi connectivity index (χ0n) is 10.9. The quantitative estimate of drug-likeness (QED) is 0.851. The van der Waals surface area contributed by atoms with Gasteiger partial charge < -0.3 is 10.3 Å². The number of nitrogens with two attached hydrogens (primary N) is 1. The van der Waals surface area contributed by atoms with E-state index >= 15 is 0 Å². The molecule has 6 heteroatoms. The van der Waals surface area contributed by atoms with E-state index in [1.165, 1.54) is 6.07 Å². The van der Waals surface area contributed by atoms with Gasteiger partial charge in [0, 0.05) is 5.69 Å². The summed E-state index contributed by atoms with van der Waals surface area (Å²) in [7, 11) is 0. The molecule has 0 radical (unpaired) electrons. The molecule has 0 aliphatic rings. The molecule has 0 saturated carbocycles. The summed E-state index contributed by atoms with van der Waals surface area (Å²) in [6.07, 6.45) is 0. The molecule has 0 aliphatic carbocycles. The van der Waals surface area contributed by atoms with Crippen molar-refractivity contribution in [3.8, 4) is 11.5 Å². The van der Waals surface area contributed by atoms with Gasteiger partial charge in [0.1, 0.15) is 5.82 Å². The van der Waals surface area contributed by atoms with Gasteiger partial charge in [0.15, 0.2) is 5.82 Å². The van der Waals surface area contributed by atoms with E-state index in [0.29, 0.717) is 23.2 Å². The van der Waals surface area contributed by atoms with Gasteiger partial charge >= 0.3 is 0 Å². The lowest BCUT2D eigenvalue weighted by Crippen LogP contribution is -1.93. The first-order valence-corrected chi connectivity index (χ1v) is 7.17. The molecule has 1 aromatic heterocycles. The lowest BCUT2D eigenvalue weighted by Gasteiger charge is -2.00. The monoisotopic (exact) mass is 281 g/mol. The number of halogens is 1. The van der Waals surface area contributed by atoms with Crippen molar-refractivity contribution in [2.45, 2.75) is 19.6 Å². The van der Waals surface area contributed by atoms with Crippen molar-refractivity contribution in [1.29, 1.82) is 0 Å². The lowest BCUT2D eigenvalue weighted by atomic mass is 10.2. The van der Waals surface area contributed by atoms with Crippen molar-refractivity contribution in [2.24, 2.45) is 5.92 Å². The second kappa shape index (κ2) is 6.06. The third-order valence-corrected chi connectivity index (χ3v) is 3.74. The summed E-state index contributed by atoms with van der Waals surface area (Å²) in [5.74, 6) is 2.63. The zero-order chi connectivity index (χ0) is 13.8. The normalized spacial score (nSPS) is 11.2. The Morgan fingerprint density at radius 1 is 1.42 bits per heavy atom. The molecule has 0 bridgehead atoms. The smallest absolute Gasteiger partial charge is 0.260 e. The van der Waals surface area contributed by atoms with Crippen LogP contribution in [0.1, 0.15) is 19.7 Å². The summed E-state index contributed by atoms with van der Waals surface area (Å²) in [4.78, 5) is 4.19. The molecule has 2 N–H and O–H groups in total. The van der Waals surface area contributed by atoms with Gasteiger partial charge in [-0.2, -0.15) is 16.7 Å². The average Bonchev–Trinajstić information content (AvgIpc) is 2.77. The fourth-order valence-corrected chi connectivity index (χ4v) is 2.40. The Hall–Kier alpha value is -1.56. The average molecular weight is 281 g/mol. The minimum atomic E-state index is -0.454. The van der Waals surface area contributed by atoms with Crippen molar-refractivity contribution < 1.29 is 8.91 Å². The maximum atomic E-state index is 13.7. The standard InChI is InChI=1S/C13H16FN3OS/c1-8(2)6-19-7-12-16-13(18-17-12)10-4-3-9(15)5-11(10)14/h3-5,8H,6-7,15H2,1-2H3. The van der Waals surface area contributed by atoms with Crippen molar-refractivity contribution in [2.75, 3.05) is 11.5 Å². The summed E-state index contributed by atoms with van der Waals surface area (Å²) < 4.78 is 18.8. The molecule has 0 fully saturated rings. The summed E-state index contributed by atoms with van der Waals surface area (Å²) in [5, 5.41) is 3.85. The minimum absolute atomic E-state index is 0.192. The third-order valence-electron chi connectivity index (χ3n) is 2.37. The number of nitrogens with zero attached hydrogens (tertiary/aromatic N) is 2. The molecule has 1 aromatic carbocycles. The number of hydrogen-bond acceptors (Lipinski definition) is 5. The van der Waals surface area contributed by atoms with Crippen LogP contribution in [-0.4, -0.2) is 15.9 Å². The van der Waals surface area contributed by atoms with Crippen LogP contribution in [0.25, 0.3) is 11.5 Å². The molecular formula is C13H16FN3OS. The summed E-state index contributed by atoms with van der Waals surface area (Å²) >= 11 is 1.73. The van der Waals surface area contributed by atoms with E-state index < -0.39 is 5.82 Å². The van der Waals surface area contributed by atoms with Crippen LogP contribution in [0.3, 0.4) is 0 Å². The summed E-state index contributed by atoms with van der Waals surface area (Å²) in [6.45, 7) is 4.30. The highest BCUT2D eigenvalue weighted by Gasteiger charge is 2.13. The first-order valence-electron chi connectivity index (χ1n) is 6.02. The molecule has 0 spiro atoms. The Morgan fingerprint density at radius 3 is 2.89 bits per heavy atom. The van der Waals surface area contributed by atoms with Crippen LogP contribution in [0, 0.1) is 11.7 Å². The van der Waals surface area contributed by atoms with Gasteiger partial charge in [-0.05, 0) is 29.9 Å². The molecule has 1 heterocycles. The van der Waals surface area contributed by atoms with Gasteiger partial charge in [0.05, 0.1) is 11.3 Å². The molecule has 0 saturated heterocycles. The number of hydrogen-bond donors (Lipinski definition) is 1. The molecule has 0 unspecified atom stereocenters. The summed E-state index contributed by atoms with van der Waals surface area (Å²) in [6, 6.07) is 4.39. The van der Waals surface area contributed by atoms with Crippen LogP contribution in [0.2, 0.25) is 0 Å². The van der Waals surface area contributed by atoms with Crippen LogP contribution in [0.15, 0.2) is 22.7 Å². The molecule has 0 amide bonds. The Labute approximate surface area is 115 Å². The second-order valence-electron chi connectivity index (χ2n) is 4.66. The van der Waals surface area contributed by atoms with Crippen molar-refractivity contribution in [3.05, 3.63) is 29.8 Å². The third kappa shape index (κ3) is 3.70. The van der Waals surface area contributed by atoms with Crippen molar-refractivity contribution >= 4 is 17.4 Å². The number of rotatable bonds is 5. The van der Waals surface area contributed by atoms with Gasteiger partial charge in [-0.15, -0.1) is 0 Å². The number of aromatic nitrogens is 2. The van der Waals surface area contributed by atoms with E-state index in [2.05, 4.69) is 24.0 Å². The molecule has 0 aliphatic heterocycles. The van der Waals surface area contributed by atoms with Gasteiger partial charge in [-0.3, -0.25) is 0 Å². The van der Waals surface area contributed by atoms with Crippen LogP contribution in [0.4, 0.5) is 10.1 Å². The predicted octanol–water partition coefficient (Wildman–Crippen LogP) is 3.35. The zero-order valence-corrected chi connectivity index (χ0v) is 11.7. The molecule has 4 nitrogen and oxygen atoms in total.